The summed E-state index contributed by atoms with van der Waals surface area (Å²) >= 11 is 0. The van der Waals surface area contributed by atoms with Crippen molar-refractivity contribution in [2.75, 3.05) is 33.5 Å². The molecule has 90 valence electrons. The minimum Gasteiger partial charge on any atom is -0.394 e. The molecule has 0 aromatic carbocycles. The summed E-state index contributed by atoms with van der Waals surface area (Å²) in [6, 6.07) is 0.371. The predicted molar refractivity (Wildman–Crippen MR) is 59.0 cm³/mol. The quantitative estimate of drug-likeness (QED) is 0.682. The van der Waals surface area contributed by atoms with E-state index in [4.69, 9.17) is 9.47 Å². The van der Waals surface area contributed by atoms with E-state index in [0.717, 1.165) is 39.1 Å². The lowest BCUT2D eigenvalue weighted by Gasteiger charge is -2.38. The molecule has 0 saturated carbocycles. The Bertz CT molecular complexity index is 169. The molecule has 4 nitrogen and oxygen atoms in total. The van der Waals surface area contributed by atoms with Crippen molar-refractivity contribution in [3.8, 4) is 0 Å². The first kappa shape index (κ1) is 12.9. The Labute approximate surface area is 92.0 Å². The summed E-state index contributed by atoms with van der Waals surface area (Å²) in [6.45, 7) is 4.56. The highest BCUT2D eigenvalue weighted by atomic mass is 16.5. The average Bonchev–Trinajstić information content (AvgIpc) is 2.27. The van der Waals surface area contributed by atoms with Crippen molar-refractivity contribution in [2.24, 2.45) is 0 Å². The Morgan fingerprint density at radius 3 is 2.67 bits per heavy atom. The second-order valence-electron chi connectivity index (χ2n) is 4.38. The van der Waals surface area contributed by atoms with E-state index in [0.29, 0.717) is 6.04 Å². The van der Waals surface area contributed by atoms with Gasteiger partial charge in [-0.3, -0.25) is 0 Å². The van der Waals surface area contributed by atoms with E-state index in [9.17, 15) is 5.11 Å². The van der Waals surface area contributed by atoms with Gasteiger partial charge in [-0.2, -0.15) is 0 Å². The van der Waals surface area contributed by atoms with Crippen LogP contribution in [0.2, 0.25) is 0 Å². The van der Waals surface area contributed by atoms with Crippen LogP contribution in [0, 0.1) is 0 Å². The van der Waals surface area contributed by atoms with E-state index in [1.165, 1.54) is 0 Å². The molecule has 0 spiro atoms. The van der Waals surface area contributed by atoms with E-state index < -0.39 is 0 Å². The lowest BCUT2D eigenvalue weighted by molar-refractivity contribution is 0.00586. The van der Waals surface area contributed by atoms with E-state index in [1.807, 2.05) is 0 Å². The number of rotatable bonds is 6. The third-order valence-corrected chi connectivity index (χ3v) is 3.06. The molecule has 1 aliphatic heterocycles. The largest absolute Gasteiger partial charge is 0.394 e. The van der Waals surface area contributed by atoms with E-state index in [2.05, 4.69) is 12.2 Å². The highest BCUT2D eigenvalue weighted by Crippen LogP contribution is 2.21. The molecule has 0 bridgehead atoms. The first-order valence-corrected chi connectivity index (χ1v) is 5.68. The summed E-state index contributed by atoms with van der Waals surface area (Å²) < 4.78 is 10.4. The zero-order valence-electron chi connectivity index (χ0n) is 9.79. The maximum Gasteiger partial charge on any atom is 0.0615 e. The van der Waals surface area contributed by atoms with Gasteiger partial charge in [0.25, 0.3) is 0 Å². The molecule has 1 atom stereocenters. The fraction of sp³-hybridized carbons (Fsp3) is 1.00. The average molecular weight is 217 g/mol. The first-order valence-electron chi connectivity index (χ1n) is 5.68. The molecule has 1 saturated heterocycles. The van der Waals surface area contributed by atoms with Crippen LogP contribution in [0.4, 0.5) is 0 Å². The number of ether oxygens (including phenoxy) is 2. The van der Waals surface area contributed by atoms with Crippen molar-refractivity contribution in [2.45, 2.75) is 37.8 Å². The van der Waals surface area contributed by atoms with Crippen LogP contribution in [0.25, 0.3) is 0 Å². The van der Waals surface area contributed by atoms with Crippen molar-refractivity contribution in [1.82, 2.24) is 5.32 Å². The summed E-state index contributed by atoms with van der Waals surface area (Å²) in [5, 5.41) is 13.0. The number of methoxy groups -OCH3 is 1. The monoisotopic (exact) mass is 217 g/mol. The Balaban J connectivity index is 2.37. The topological polar surface area (TPSA) is 50.7 Å². The second kappa shape index (κ2) is 6.43. The van der Waals surface area contributed by atoms with Gasteiger partial charge in [-0.25, -0.2) is 0 Å². The molecule has 0 aromatic rings. The molecule has 1 rings (SSSR count). The van der Waals surface area contributed by atoms with Gasteiger partial charge in [0.2, 0.25) is 0 Å². The molecular weight excluding hydrogens is 194 g/mol. The highest BCUT2D eigenvalue weighted by molar-refractivity contribution is 4.91. The molecular formula is C11H23NO3. The van der Waals surface area contributed by atoms with Crippen LogP contribution < -0.4 is 5.32 Å². The summed E-state index contributed by atoms with van der Waals surface area (Å²) in [7, 11) is 1.71. The molecule has 1 aliphatic rings. The smallest absolute Gasteiger partial charge is 0.0615 e. The van der Waals surface area contributed by atoms with E-state index in [-0.39, 0.29) is 12.1 Å². The van der Waals surface area contributed by atoms with Crippen molar-refractivity contribution in [1.29, 1.82) is 0 Å². The lowest BCUT2D eigenvalue weighted by atomic mass is 9.90. The van der Waals surface area contributed by atoms with Gasteiger partial charge in [0.1, 0.15) is 0 Å². The van der Waals surface area contributed by atoms with Gasteiger partial charge in [0.15, 0.2) is 0 Å². The molecule has 1 heterocycles. The van der Waals surface area contributed by atoms with Crippen molar-refractivity contribution < 1.29 is 14.6 Å². The normalized spacial score (nSPS) is 22.6. The molecule has 2 N–H and O–H groups in total. The number of aliphatic hydroxyl groups is 1. The van der Waals surface area contributed by atoms with Gasteiger partial charge >= 0.3 is 0 Å². The number of hydrogen-bond donors (Lipinski definition) is 2. The Kier molecular flexibility index (Phi) is 5.53. The molecule has 15 heavy (non-hydrogen) atoms. The van der Waals surface area contributed by atoms with E-state index in [1.54, 1.807) is 7.11 Å². The molecule has 0 aliphatic carbocycles. The van der Waals surface area contributed by atoms with Crippen LogP contribution in [0.3, 0.4) is 0 Å². The second-order valence-corrected chi connectivity index (χ2v) is 4.38. The van der Waals surface area contributed by atoms with Crippen molar-refractivity contribution >= 4 is 0 Å². The Hall–Kier alpha value is -0.160. The number of hydrogen-bond acceptors (Lipinski definition) is 4. The fourth-order valence-corrected chi connectivity index (χ4v) is 2.00. The van der Waals surface area contributed by atoms with Gasteiger partial charge in [-0.05, 0) is 26.2 Å². The zero-order valence-corrected chi connectivity index (χ0v) is 9.79. The van der Waals surface area contributed by atoms with Crippen molar-refractivity contribution in [3.05, 3.63) is 0 Å². The molecule has 4 heteroatoms. The fourth-order valence-electron chi connectivity index (χ4n) is 2.00. The minimum atomic E-state index is -0.134. The third kappa shape index (κ3) is 4.07. The van der Waals surface area contributed by atoms with Crippen LogP contribution in [-0.2, 0) is 9.47 Å². The maximum atomic E-state index is 9.47. The summed E-state index contributed by atoms with van der Waals surface area (Å²) in [4.78, 5) is 0. The minimum absolute atomic E-state index is 0.134. The van der Waals surface area contributed by atoms with Crippen LogP contribution in [0.15, 0.2) is 0 Å². The third-order valence-electron chi connectivity index (χ3n) is 3.06. The van der Waals surface area contributed by atoms with Crippen LogP contribution in [0.5, 0.6) is 0 Å². The highest BCUT2D eigenvalue weighted by Gasteiger charge is 2.32. The summed E-state index contributed by atoms with van der Waals surface area (Å²) in [5.41, 5.74) is -0.134. The zero-order chi connectivity index (χ0) is 11.1. The summed E-state index contributed by atoms with van der Waals surface area (Å²) in [6.07, 6.45) is 2.75. The molecule has 1 fully saturated rings. The molecule has 1 unspecified atom stereocenters. The number of aliphatic hydroxyl groups excluding tert-OH is 1. The van der Waals surface area contributed by atoms with Crippen molar-refractivity contribution in [3.63, 3.8) is 0 Å². The maximum absolute atomic E-state index is 9.47. The lowest BCUT2D eigenvalue weighted by Crippen LogP contribution is -2.55. The van der Waals surface area contributed by atoms with Gasteiger partial charge in [-0.1, -0.05) is 0 Å². The van der Waals surface area contributed by atoms with Gasteiger partial charge in [0.05, 0.1) is 6.61 Å². The summed E-state index contributed by atoms with van der Waals surface area (Å²) in [5.74, 6) is 0. The van der Waals surface area contributed by atoms with Crippen LogP contribution in [-0.4, -0.2) is 50.2 Å². The Morgan fingerprint density at radius 1 is 1.47 bits per heavy atom. The standard InChI is InChI=1S/C11H23NO3/c1-10(3-6-14-2)12-11(9-13)4-7-15-8-5-11/h10,12-13H,3-9H2,1-2H3. The van der Waals surface area contributed by atoms with E-state index >= 15 is 0 Å². The first-order chi connectivity index (χ1) is 7.22. The predicted octanol–water partition coefficient (Wildman–Crippen LogP) is 0.542. The van der Waals surface area contributed by atoms with Gasteiger partial charge in [-0.15, -0.1) is 0 Å². The molecule has 0 radical (unpaired) electrons. The SMILES string of the molecule is COCCC(C)NC1(CO)CCOCC1. The molecule has 0 amide bonds. The van der Waals surface area contributed by atoms with Gasteiger partial charge in [0, 0.05) is 38.5 Å². The van der Waals surface area contributed by atoms with Crippen LogP contribution >= 0.6 is 0 Å². The van der Waals surface area contributed by atoms with Crippen LogP contribution in [0.1, 0.15) is 26.2 Å². The van der Waals surface area contributed by atoms with Gasteiger partial charge < -0.3 is 19.9 Å². The number of nitrogens with one attached hydrogen (secondary N) is 1. The Morgan fingerprint density at radius 2 is 2.13 bits per heavy atom. The molecule has 0 aromatic heterocycles.